The molecule has 1 atom stereocenters. The van der Waals surface area contributed by atoms with E-state index in [-0.39, 0.29) is 18.7 Å². The van der Waals surface area contributed by atoms with Crippen molar-refractivity contribution in [3.8, 4) is 0 Å². The van der Waals surface area contributed by atoms with E-state index in [0.29, 0.717) is 5.56 Å². The molecule has 0 aromatic heterocycles. The Morgan fingerprint density at radius 2 is 1.89 bits per heavy atom. The number of rotatable bonds is 5. The van der Waals surface area contributed by atoms with Crippen LogP contribution >= 0.6 is 0 Å². The van der Waals surface area contributed by atoms with E-state index in [1.807, 2.05) is 0 Å². The van der Waals surface area contributed by atoms with E-state index in [9.17, 15) is 13.6 Å². The number of halogens is 2. The van der Waals surface area contributed by atoms with Crippen LogP contribution in [0.3, 0.4) is 0 Å². The molecular formula is C12H16F2N2O2. The van der Waals surface area contributed by atoms with E-state index < -0.39 is 18.6 Å². The molecule has 0 aliphatic carbocycles. The summed E-state index contributed by atoms with van der Waals surface area (Å²) in [5.74, 6) is 0. The predicted octanol–water partition coefficient (Wildman–Crippen LogP) is 2.37. The monoisotopic (exact) mass is 258 g/mol. The molecule has 1 aromatic carbocycles. The Bertz CT molecular complexity index is 382. The van der Waals surface area contributed by atoms with Crippen molar-refractivity contribution in [1.82, 2.24) is 5.32 Å². The van der Waals surface area contributed by atoms with Gasteiger partial charge in [-0.1, -0.05) is 24.3 Å². The molecule has 0 saturated heterocycles. The number of hydrogen-bond acceptors (Lipinski definition) is 3. The first-order chi connectivity index (χ1) is 8.58. The summed E-state index contributed by atoms with van der Waals surface area (Å²) in [6.45, 7) is 2.11. The summed E-state index contributed by atoms with van der Waals surface area (Å²) in [6, 6.07) is 5.22. The van der Waals surface area contributed by atoms with E-state index in [1.165, 1.54) is 24.3 Å². The number of alkyl halides is 2. The minimum absolute atomic E-state index is 0.0642. The second-order valence-corrected chi connectivity index (χ2v) is 3.62. The number of hydrogen-bond donors (Lipinski definition) is 2. The molecule has 0 radical (unpaired) electrons. The van der Waals surface area contributed by atoms with Crippen LogP contribution in [0, 0.1) is 0 Å². The van der Waals surface area contributed by atoms with Crippen molar-refractivity contribution in [3.63, 3.8) is 0 Å². The largest absolute Gasteiger partial charge is 0.450 e. The van der Waals surface area contributed by atoms with Crippen LogP contribution in [0.2, 0.25) is 0 Å². The molecule has 3 N–H and O–H groups in total. The Balaban J connectivity index is 2.73. The average molecular weight is 258 g/mol. The van der Waals surface area contributed by atoms with Gasteiger partial charge in [0.05, 0.1) is 12.6 Å². The van der Waals surface area contributed by atoms with Gasteiger partial charge in [0.25, 0.3) is 6.43 Å². The van der Waals surface area contributed by atoms with Crippen molar-refractivity contribution < 1.29 is 18.3 Å². The molecule has 0 spiro atoms. The lowest BCUT2D eigenvalue weighted by Gasteiger charge is -2.17. The van der Waals surface area contributed by atoms with E-state index >= 15 is 0 Å². The van der Waals surface area contributed by atoms with Gasteiger partial charge in [-0.15, -0.1) is 0 Å². The van der Waals surface area contributed by atoms with Gasteiger partial charge in [-0.3, -0.25) is 0 Å². The first-order valence-electron chi connectivity index (χ1n) is 5.59. The number of nitrogens with one attached hydrogen (secondary N) is 1. The summed E-state index contributed by atoms with van der Waals surface area (Å²) < 4.78 is 29.5. The number of carbonyl (C=O) groups excluding carboxylic acids is 1. The Labute approximate surface area is 104 Å². The normalized spacial score (nSPS) is 12.3. The molecule has 0 aliphatic rings. The second kappa shape index (κ2) is 6.90. The molecule has 1 rings (SSSR count). The molecule has 6 heteroatoms. The quantitative estimate of drug-likeness (QED) is 0.852. The first kappa shape index (κ1) is 14.4. The maximum Gasteiger partial charge on any atom is 0.407 e. The highest BCUT2D eigenvalue weighted by Crippen LogP contribution is 2.21. The first-order valence-corrected chi connectivity index (χ1v) is 5.59. The minimum atomic E-state index is -2.51. The number of nitrogens with two attached hydrogens (primary N) is 1. The maximum atomic E-state index is 12.4. The van der Waals surface area contributed by atoms with Gasteiger partial charge >= 0.3 is 6.09 Å². The zero-order valence-corrected chi connectivity index (χ0v) is 10.0. The number of ether oxygens (including phenoxy) is 1. The van der Waals surface area contributed by atoms with Crippen LogP contribution in [0.25, 0.3) is 0 Å². The van der Waals surface area contributed by atoms with Crippen molar-refractivity contribution in [2.45, 2.75) is 19.4 Å². The van der Waals surface area contributed by atoms with Gasteiger partial charge in [-0.25, -0.2) is 13.6 Å². The number of alkyl carbamates (subject to hydrolysis) is 1. The molecule has 4 nitrogen and oxygen atoms in total. The zero-order chi connectivity index (χ0) is 13.5. The van der Waals surface area contributed by atoms with Crippen LogP contribution in [0.15, 0.2) is 24.3 Å². The summed E-state index contributed by atoms with van der Waals surface area (Å²) >= 11 is 0. The number of amides is 1. The van der Waals surface area contributed by atoms with Crippen LogP contribution < -0.4 is 11.1 Å². The molecule has 0 saturated carbocycles. The van der Waals surface area contributed by atoms with Gasteiger partial charge in [-0.2, -0.15) is 0 Å². The molecular weight excluding hydrogens is 242 g/mol. The minimum Gasteiger partial charge on any atom is -0.450 e. The molecule has 100 valence electrons. The molecule has 0 heterocycles. The summed E-state index contributed by atoms with van der Waals surface area (Å²) in [7, 11) is 0. The zero-order valence-electron chi connectivity index (χ0n) is 10.0. The third-order valence-corrected chi connectivity index (χ3v) is 2.39. The fraction of sp³-hybridized carbons (Fsp3) is 0.417. The summed E-state index contributed by atoms with van der Waals surface area (Å²) in [4.78, 5) is 11.3. The van der Waals surface area contributed by atoms with Crippen molar-refractivity contribution in [2.24, 2.45) is 5.73 Å². The van der Waals surface area contributed by atoms with Gasteiger partial charge in [0.2, 0.25) is 0 Å². The van der Waals surface area contributed by atoms with Gasteiger partial charge in [-0.05, 0) is 12.5 Å². The molecule has 0 aliphatic heterocycles. The molecule has 1 aromatic rings. The van der Waals surface area contributed by atoms with Crippen LogP contribution in [0.4, 0.5) is 13.6 Å². The Morgan fingerprint density at radius 1 is 1.33 bits per heavy atom. The summed E-state index contributed by atoms with van der Waals surface area (Å²) in [5.41, 5.74) is 6.13. The fourth-order valence-electron chi connectivity index (χ4n) is 1.47. The van der Waals surface area contributed by atoms with E-state index in [4.69, 9.17) is 10.5 Å². The lowest BCUT2D eigenvalue weighted by molar-refractivity contribution is 0.147. The van der Waals surface area contributed by atoms with E-state index in [0.717, 1.165) is 0 Å². The SMILES string of the molecule is CCOC(=O)NC(CN)c1ccc(C(F)F)cc1. The molecule has 0 fully saturated rings. The highest BCUT2D eigenvalue weighted by atomic mass is 19.3. The van der Waals surface area contributed by atoms with Crippen molar-refractivity contribution in [2.75, 3.05) is 13.2 Å². The third kappa shape index (κ3) is 3.96. The Hall–Kier alpha value is -1.69. The summed E-state index contributed by atoms with van der Waals surface area (Å²) in [6.07, 6.45) is -3.08. The van der Waals surface area contributed by atoms with Crippen LogP contribution in [0.5, 0.6) is 0 Å². The topological polar surface area (TPSA) is 64.3 Å². The number of carbonyl (C=O) groups is 1. The highest BCUT2D eigenvalue weighted by molar-refractivity contribution is 5.67. The van der Waals surface area contributed by atoms with E-state index in [2.05, 4.69) is 5.32 Å². The van der Waals surface area contributed by atoms with Gasteiger partial charge in [0.15, 0.2) is 0 Å². The lowest BCUT2D eigenvalue weighted by atomic mass is 10.1. The molecule has 0 bridgehead atoms. The number of benzene rings is 1. The van der Waals surface area contributed by atoms with Crippen molar-refractivity contribution in [3.05, 3.63) is 35.4 Å². The van der Waals surface area contributed by atoms with Crippen LogP contribution in [-0.4, -0.2) is 19.2 Å². The standard InChI is InChI=1S/C12H16F2N2O2/c1-2-18-12(17)16-10(7-15)8-3-5-9(6-4-8)11(13)14/h3-6,10-11H,2,7,15H2,1H3,(H,16,17). The average Bonchev–Trinajstić information content (AvgIpc) is 2.36. The van der Waals surface area contributed by atoms with Crippen molar-refractivity contribution >= 4 is 6.09 Å². The molecule has 1 amide bonds. The summed E-state index contributed by atoms with van der Waals surface area (Å²) in [5, 5.41) is 2.56. The maximum absolute atomic E-state index is 12.4. The Morgan fingerprint density at radius 3 is 2.33 bits per heavy atom. The lowest BCUT2D eigenvalue weighted by Crippen LogP contribution is -2.33. The molecule has 1 unspecified atom stereocenters. The predicted molar refractivity (Wildman–Crippen MR) is 63.4 cm³/mol. The smallest absolute Gasteiger partial charge is 0.407 e. The van der Waals surface area contributed by atoms with Crippen LogP contribution in [-0.2, 0) is 4.74 Å². The Kier molecular flexibility index (Phi) is 5.51. The van der Waals surface area contributed by atoms with Crippen LogP contribution in [0.1, 0.15) is 30.5 Å². The van der Waals surface area contributed by atoms with Gasteiger partial charge in [0.1, 0.15) is 0 Å². The van der Waals surface area contributed by atoms with Gasteiger partial charge in [0, 0.05) is 12.1 Å². The second-order valence-electron chi connectivity index (χ2n) is 3.62. The third-order valence-electron chi connectivity index (χ3n) is 2.39. The van der Waals surface area contributed by atoms with E-state index in [1.54, 1.807) is 6.92 Å². The van der Waals surface area contributed by atoms with Gasteiger partial charge < -0.3 is 15.8 Å². The highest BCUT2D eigenvalue weighted by Gasteiger charge is 2.14. The molecule has 18 heavy (non-hydrogen) atoms. The van der Waals surface area contributed by atoms with Crippen molar-refractivity contribution in [1.29, 1.82) is 0 Å². The fourth-order valence-corrected chi connectivity index (χ4v) is 1.47.